The molecule has 1 saturated heterocycles. The second-order valence-corrected chi connectivity index (χ2v) is 8.38. The normalized spacial score (nSPS) is 15.9. The van der Waals surface area contributed by atoms with E-state index in [1.54, 1.807) is 4.68 Å². The van der Waals surface area contributed by atoms with Crippen LogP contribution < -0.4 is 10.6 Å². The minimum absolute atomic E-state index is 0.0587. The molecule has 1 aliphatic rings. The zero-order valence-electron chi connectivity index (χ0n) is 18.5. The number of likely N-dealkylation sites (tertiary alicyclic amines) is 1. The van der Waals surface area contributed by atoms with E-state index >= 15 is 0 Å². The van der Waals surface area contributed by atoms with Gasteiger partial charge >= 0.3 is 6.03 Å². The largest absolute Gasteiger partial charge is 0.338 e. The Kier molecular flexibility index (Phi) is 6.54. The summed E-state index contributed by atoms with van der Waals surface area (Å²) in [6.45, 7) is 5.81. The molecule has 1 unspecified atom stereocenters. The SMILES string of the molecule is Cc1ccc(NC(=O)NCC2CCCN(C(=O)c3cc(C)n(-c4ccccc4)n3)C2)cc1. The van der Waals surface area contributed by atoms with Crippen molar-refractivity contribution in [1.29, 1.82) is 0 Å². The molecule has 3 amide bonds. The fourth-order valence-corrected chi connectivity index (χ4v) is 4.04. The molecule has 7 heteroatoms. The van der Waals surface area contributed by atoms with Gasteiger partial charge in [0, 0.05) is 31.0 Å². The van der Waals surface area contributed by atoms with Crippen LogP contribution >= 0.6 is 0 Å². The molecule has 2 heterocycles. The summed E-state index contributed by atoms with van der Waals surface area (Å²) in [5.41, 5.74) is 4.22. The summed E-state index contributed by atoms with van der Waals surface area (Å²) < 4.78 is 1.80. The van der Waals surface area contributed by atoms with Gasteiger partial charge in [-0.2, -0.15) is 5.10 Å². The highest BCUT2D eigenvalue weighted by Crippen LogP contribution is 2.19. The standard InChI is InChI=1S/C25H29N5O2/c1-18-10-12-21(13-11-18)27-25(32)26-16-20-7-6-14-29(17-20)24(31)23-15-19(2)30(28-23)22-8-4-3-5-9-22/h3-5,8-13,15,20H,6-7,14,16-17H2,1-2H3,(H2,26,27,32). The van der Waals surface area contributed by atoms with E-state index in [-0.39, 0.29) is 17.9 Å². The molecule has 0 saturated carbocycles. The van der Waals surface area contributed by atoms with Gasteiger partial charge in [0.2, 0.25) is 0 Å². The maximum atomic E-state index is 13.1. The number of hydrogen-bond donors (Lipinski definition) is 2. The van der Waals surface area contributed by atoms with Gasteiger partial charge in [0.1, 0.15) is 0 Å². The molecule has 1 fully saturated rings. The third-order valence-electron chi connectivity index (χ3n) is 5.77. The van der Waals surface area contributed by atoms with Crippen LogP contribution in [0.5, 0.6) is 0 Å². The van der Waals surface area contributed by atoms with Gasteiger partial charge in [-0.25, -0.2) is 9.48 Å². The molecular weight excluding hydrogens is 402 g/mol. The van der Waals surface area contributed by atoms with Crippen molar-refractivity contribution in [2.45, 2.75) is 26.7 Å². The Balaban J connectivity index is 1.33. The lowest BCUT2D eigenvalue weighted by atomic mass is 9.97. The molecule has 0 spiro atoms. The molecule has 0 bridgehead atoms. The number of amides is 3. The van der Waals surface area contributed by atoms with Crippen molar-refractivity contribution in [2.24, 2.45) is 5.92 Å². The van der Waals surface area contributed by atoms with Gasteiger partial charge in [-0.1, -0.05) is 35.9 Å². The van der Waals surface area contributed by atoms with Crippen LogP contribution in [0.2, 0.25) is 0 Å². The van der Waals surface area contributed by atoms with Crippen molar-refractivity contribution in [1.82, 2.24) is 20.0 Å². The van der Waals surface area contributed by atoms with E-state index in [0.717, 1.165) is 35.5 Å². The Labute approximate surface area is 188 Å². The van der Waals surface area contributed by atoms with E-state index < -0.39 is 0 Å². The first kappa shape index (κ1) is 21.6. The number of carbonyl (C=O) groups excluding carboxylic acids is 2. The maximum Gasteiger partial charge on any atom is 0.319 e. The Bertz CT molecular complexity index is 1080. The molecule has 2 N–H and O–H groups in total. The molecule has 7 nitrogen and oxygen atoms in total. The summed E-state index contributed by atoms with van der Waals surface area (Å²) in [5.74, 6) is 0.158. The second kappa shape index (κ2) is 9.68. The van der Waals surface area contributed by atoms with Crippen molar-refractivity contribution in [3.05, 3.63) is 77.6 Å². The van der Waals surface area contributed by atoms with E-state index in [1.807, 2.05) is 79.4 Å². The fourth-order valence-electron chi connectivity index (χ4n) is 4.04. The lowest BCUT2D eigenvalue weighted by molar-refractivity contribution is 0.0668. The summed E-state index contributed by atoms with van der Waals surface area (Å²) in [5, 5.41) is 10.3. The second-order valence-electron chi connectivity index (χ2n) is 8.38. The Morgan fingerprint density at radius 2 is 1.81 bits per heavy atom. The summed E-state index contributed by atoms with van der Waals surface area (Å²) in [6, 6.07) is 19.1. The average Bonchev–Trinajstić information content (AvgIpc) is 3.21. The molecule has 1 aromatic heterocycles. The number of carbonyl (C=O) groups is 2. The molecule has 166 valence electrons. The molecule has 0 radical (unpaired) electrons. The number of aryl methyl sites for hydroxylation is 2. The fraction of sp³-hybridized carbons (Fsp3) is 0.320. The Morgan fingerprint density at radius 3 is 2.56 bits per heavy atom. The molecule has 1 aliphatic heterocycles. The first-order valence-corrected chi connectivity index (χ1v) is 11.0. The van der Waals surface area contributed by atoms with Crippen LogP contribution in [0.15, 0.2) is 60.7 Å². The zero-order chi connectivity index (χ0) is 22.5. The summed E-state index contributed by atoms with van der Waals surface area (Å²) in [4.78, 5) is 27.2. The number of aromatic nitrogens is 2. The number of nitrogens with one attached hydrogen (secondary N) is 2. The molecule has 32 heavy (non-hydrogen) atoms. The van der Waals surface area contributed by atoms with Gasteiger partial charge in [0.15, 0.2) is 5.69 Å². The van der Waals surface area contributed by atoms with E-state index in [2.05, 4.69) is 15.7 Å². The highest BCUT2D eigenvalue weighted by atomic mass is 16.2. The van der Waals surface area contributed by atoms with E-state index in [1.165, 1.54) is 0 Å². The van der Waals surface area contributed by atoms with Gasteiger partial charge < -0.3 is 15.5 Å². The zero-order valence-corrected chi connectivity index (χ0v) is 18.5. The van der Waals surface area contributed by atoms with E-state index in [0.29, 0.717) is 25.3 Å². The Hall–Kier alpha value is -3.61. The number of urea groups is 1. The number of rotatable bonds is 5. The van der Waals surface area contributed by atoms with Crippen LogP contribution in [0.1, 0.15) is 34.6 Å². The summed E-state index contributed by atoms with van der Waals surface area (Å²) >= 11 is 0. The number of para-hydroxylation sites is 1. The monoisotopic (exact) mass is 431 g/mol. The first-order valence-electron chi connectivity index (χ1n) is 11.0. The highest BCUT2D eigenvalue weighted by molar-refractivity contribution is 5.92. The molecule has 1 atom stereocenters. The van der Waals surface area contributed by atoms with Crippen molar-refractivity contribution in [3.8, 4) is 5.69 Å². The van der Waals surface area contributed by atoms with Crippen LogP contribution in [0, 0.1) is 19.8 Å². The van der Waals surface area contributed by atoms with Crippen LogP contribution in [0.3, 0.4) is 0 Å². The van der Waals surface area contributed by atoms with Gasteiger partial charge in [-0.05, 0) is 62.9 Å². The van der Waals surface area contributed by atoms with Crippen molar-refractivity contribution in [2.75, 3.05) is 25.0 Å². The lowest BCUT2D eigenvalue weighted by Gasteiger charge is -2.32. The number of anilines is 1. The smallest absolute Gasteiger partial charge is 0.319 e. The van der Waals surface area contributed by atoms with Crippen LogP contribution in [-0.2, 0) is 0 Å². The number of hydrogen-bond acceptors (Lipinski definition) is 3. The van der Waals surface area contributed by atoms with E-state index in [4.69, 9.17) is 0 Å². The number of piperidine rings is 1. The highest BCUT2D eigenvalue weighted by Gasteiger charge is 2.26. The minimum atomic E-state index is -0.227. The third-order valence-corrected chi connectivity index (χ3v) is 5.77. The van der Waals surface area contributed by atoms with Crippen molar-refractivity contribution in [3.63, 3.8) is 0 Å². The first-order chi connectivity index (χ1) is 15.5. The molecule has 2 aromatic carbocycles. The van der Waals surface area contributed by atoms with Gasteiger partial charge in [-0.3, -0.25) is 4.79 Å². The number of benzene rings is 2. The average molecular weight is 432 g/mol. The maximum absolute atomic E-state index is 13.1. The topological polar surface area (TPSA) is 79.3 Å². The Morgan fingerprint density at radius 1 is 1.06 bits per heavy atom. The van der Waals surface area contributed by atoms with Crippen molar-refractivity contribution >= 4 is 17.6 Å². The van der Waals surface area contributed by atoms with Gasteiger partial charge in [0.05, 0.1) is 5.69 Å². The molecule has 4 rings (SSSR count). The lowest BCUT2D eigenvalue weighted by Crippen LogP contribution is -2.44. The molecular formula is C25H29N5O2. The van der Waals surface area contributed by atoms with Crippen molar-refractivity contribution < 1.29 is 9.59 Å². The third kappa shape index (κ3) is 5.17. The van der Waals surface area contributed by atoms with Gasteiger partial charge in [-0.15, -0.1) is 0 Å². The molecule has 3 aromatic rings. The summed E-state index contributed by atoms with van der Waals surface area (Å²) in [7, 11) is 0. The van der Waals surface area contributed by atoms with Crippen LogP contribution in [-0.4, -0.2) is 46.3 Å². The predicted molar refractivity (Wildman–Crippen MR) is 125 cm³/mol. The van der Waals surface area contributed by atoms with E-state index in [9.17, 15) is 9.59 Å². The predicted octanol–water partition coefficient (Wildman–Crippen LogP) is 4.16. The van der Waals surface area contributed by atoms with Gasteiger partial charge in [0.25, 0.3) is 5.91 Å². The quantitative estimate of drug-likeness (QED) is 0.637. The molecule has 0 aliphatic carbocycles. The van der Waals surface area contributed by atoms with Crippen LogP contribution in [0.25, 0.3) is 5.69 Å². The summed E-state index contributed by atoms with van der Waals surface area (Å²) in [6.07, 6.45) is 1.89. The van der Waals surface area contributed by atoms with Crippen LogP contribution in [0.4, 0.5) is 10.5 Å². The minimum Gasteiger partial charge on any atom is -0.338 e. The number of nitrogens with zero attached hydrogens (tertiary/aromatic N) is 3.